The van der Waals surface area contributed by atoms with Crippen molar-refractivity contribution >= 4 is 5.91 Å². The van der Waals surface area contributed by atoms with E-state index in [1.165, 1.54) is 25.7 Å². The summed E-state index contributed by atoms with van der Waals surface area (Å²) in [6.07, 6.45) is 5.67. The lowest BCUT2D eigenvalue weighted by Crippen LogP contribution is -2.55. The molecular weight excluding hydrogens is 216 g/mol. The standard InChI is InChI=1S/C13H22N2O2/c16-6-5-15-11-3-4-12(15)9-14(8-11)13(17)7-10-1-2-10/h10-12,16H,1-9H2. The van der Waals surface area contributed by atoms with Crippen LogP contribution in [0.3, 0.4) is 0 Å². The van der Waals surface area contributed by atoms with Crippen molar-refractivity contribution in [1.29, 1.82) is 0 Å². The van der Waals surface area contributed by atoms with Gasteiger partial charge in [-0.05, 0) is 31.6 Å². The molecule has 17 heavy (non-hydrogen) atoms. The number of piperazine rings is 1. The minimum Gasteiger partial charge on any atom is -0.395 e. The molecule has 2 unspecified atom stereocenters. The van der Waals surface area contributed by atoms with Gasteiger partial charge in [0.15, 0.2) is 0 Å². The Bertz CT molecular complexity index is 290. The number of likely N-dealkylation sites (tertiary alicyclic amines) is 1. The van der Waals surface area contributed by atoms with Crippen LogP contribution in [0.4, 0.5) is 0 Å². The van der Waals surface area contributed by atoms with Gasteiger partial charge in [-0.2, -0.15) is 0 Å². The molecule has 1 amide bonds. The lowest BCUT2D eigenvalue weighted by molar-refractivity contribution is -0.135. The zero-order chi connectivity index (χ0) is 11.8. The number of hydrogen-bond acceptors (Lipinski definition) is 3. The van der Waals surface area contributed by atoms with Crippen molar-refractivity contribution in [1.82, 2.24) is 9.80 Å². The molecule has 2 saturated heterocycles. The zero-order valence-electron chi connectivity index (χ0n) is 10.3. The van der Waals surface area contributed by atoms with Crippen LogP contribution < -0.4 is 0 Å². The van der Waals surface area contributed by atoms with Gasteiger partial charge in [0, 0.05) is 38.1 Å². The highest BCUT2D eigenvalue weighted by molar-refractivity contribution is 5.77. The Morgan fingerprint density at radius 3 is 2.29 bits per heavy atom. The number of nitrogens with zero attached hydrogens (tertiary/aromatic N) is 2. The van der Waals surface area contributed by atoms with Crippen molar-refractivity contribution < 1.29 is 9.90 Å². The summed E-state index contributed by atoms with van der Waals surface area (Å²) in [6, 6.07) is 1.01. The summed E-state index contributed by atoms with van der Waals surface area (Å²) in [5, 5.41) is 9.06. The number of fused-ring (bicyclic) bond motifs is 2. The van der Waals surface area contributed by atoms with Gasteiger partial charge in [-0.1, -0.05) is 0 Å². The van der Waals surface area contributed by atoms with Crippen molar-refractivity contribution in [2.24, 2.45) is 5.92 Å². The molecule has 1 saturated carbocycles. The molecule has 0 aromatic rings. The van der Waals surface area contributed by atoms with Gasteiger partial charge < -0.3 is 10.0 Å². The van der Waals surface area contributed by atoms with Crippen LogP contribution in [0.1, 0.15) is 32.1 Å². The molecule has 3 aliphatic rings. The molecule has 0 radical (unpaired) electrons. The molecule has 2 heterocycles. The van der Waals surface area contributed by atoms with Gasteiger partial charge in [0.2, 0.25) is 5.91 Å². The van der Waals surface area contributed by atoms with E-state index in [-0.39, 0.29) is 6.61 Å². The summed E-state index contributed by atoms with van der Waals surface area (Å²) >= 11 is 0. The van der Waals surface area contributed by atoms with E-state index >= 15 is 0 Å². The van der Waals surface area contributed by atoms with E-state index in [0.29, 0.717) is 23.9 Å². The quantitative estimate of drug-likeness (QED) is 0.773. The number of aliphatic hydroxyl groups is 1. The molecule has 3 fully saturated rings. The summed E-state index contributed by atoms with van der Waals surface area (Å²) < 4.78 is 0. The van der Waals surface area contributed by atoms with Gasteiger partial charge in [0.25, 0.3) is 0 Å². The molecule has 1 aliphatic carbocycles. The van der Waals surface area contributed by atoms with E-state index < -0.39 is 0 Å². The highest BCUT2D eigenvalue weighted by Gasteiger charge is 2.41. The van der Waals surface area contributed by atoms with Gasteiger partial charge in [0.1, 0.15) is 0 Å². The van der Waals surface area contributed by atoms with Crippen molar-refractivity contribution in [2.75, 3.05) is 26.2 Å². The van der Waals surface area contributed by atoms with Crippen LogP contribution >= 0.6 is 0 Å². The maximum atomic E-state index is 12.1. The third-order valence-corrected chi connectivity index (χ3v) is 4.50. The largest absolute Gasteiger partial charge is 0.395 e. The molecular formula is C13H22N2O2. The predicted octanol–water partition coefficient (Wildman–Crippen LogP) is 0.454. The molecule has 2 atom stereocenters. The number of carbonyl (C=O) groups is 1. The van der Waals surface area contributed by atoms with Crippen molar-refractivity contribution in [3.63, 3.8) is 0 Å². The van der Waals surface area contributed by atoms with Crippen LogP contribution in [0.25, 0.3) is 0 Å². The maximum absolute atomic E-state index is 12.1. The Balaban J connectivity index is 1.58. The summed E-state index contributed by atoms with van der Waals surface area (Å²) in [5.41, 5.74) is 0. The smallest absolute Gasteiger partial charge is 0.222 e. The Hall–Kier alpha value is -0.610. The number of rotatable bonds is 4. The predicted molar refractivity (Wildman–Crippen MR) is 64.5 cm³/mol. The van der Waals surface area contributed by atoms with E-state index in [0.717, 1.165) is 26.1 Å². The van der Waals surface area contributed by atoms with Crippen molar-refractivity contribution in [3.05, 3.63) is 0 Å². The first-order valence-corrected chi connectivity index (χ1v) is 6.92. The van der Waals surface area contributed by atoms with E-state index in [1.807, 2.05) is 0 Å². The first-order valence-electron chi connectivity index (χ1n) is 6.92. The first-order chi connectivity index (χ1) is 8.28. The van der Waals surface area contributed by atoms with Gasteiger partial charge in [-0.15, -0.1) is 0 Å². The van der Waals surface area contributed by atoms with Crippen LogP contribution in [-0.2, 0) is 4.79 Å². The number of amides is 1. The molecule has 2 aliphatic heterocycles. The third-order valence-electron chi connectivity index (χ3n) is 4.50. The zero-order valence-corrected chi connectivity index (χ0v) is 10.3. The van der Waals surface area contributed by atoms with Crippen LogP contribution in [0.5, 0.6) is 0 Å². The number of aliphatic hydroxyl groups excluding tert-OH is 1. The number of carbonyl (C=O) groups excluding carboxylic acids is 1. The second kappa shape index (κ2) is 4.58. The first kappa shape index (κ1) is 11.5. The summed E-state index contributed by atoms with van der Waals surface area (Å²) in [7, 11) is 0. The summed E-state index contributed by atoms with van der Waals surface area (Å²) in [5.74, 6) is 1.06. The summed E-state index contributed by atoms with van der Waals surface area (Å²) in [4.78, 5) is 16.6. The maximum Gasteiger partial charge on any atom is 0.222 e. The van der Waals surface area contributed by atoms with Crippen LogP contribution in [-0.4, -0.2) is 59.1 Å². The van der Waals surface area contributed by atoms with E-state index in [2.05, 4.69) is 9.80 Å². The lowest BCUT2D eigenvalue weighted by Gasteiger charge is -2.40. The Morgan fingerprint density at radius 1 is 1.12 bits per heavy atom. The SMILES string of the molecule is O=C(CC1CC1)N1CC2CCC(C1)N2CCO. The van der Waals surface area contributed by atoms with E-state index in [9.17, 15) is 4.79 Å². The molecule has 1 N–H and O–H groups in total. The normalized spacial score (nSPS) is 33.1. The molecule has 4 nitrogen and oxygen atoms in total. The molecule has 0 aromatic heterocycles. The van der Waals surface area contributed by atoms with Crippen molar-refractivity contribution in [2.45, 2.75) is 44.2 Å². The molecule has 3 rings (SSSR count). The Labute approximate surface area is 103 Å². The lowest BCUT2D eigenvalue weighted by atomic mass is 10.1. The Morgan fingerprint density at radius 2 is 1.76 bits per heavy atom. The molecule has 0 aromatic carbocycles. The minimum absolute atomic E-state index is 0.239. The third kappa shape index (κ3) is 2.33. The van der Waals surface area contributed by atoms with Gasteiger partial charge in [-0.3, -0.25) is 9.69 Å². The van der Waals surface area contributed by atoms with Crippen molar-refractivity contribution in [3.8, 4) is 0 Å². The fraction of sp³-hybridized carbons (Fsp3) is 0.923. The van der Waals surface area contributed by atoms with Gasteiger partial charge in [-0.25, -0.2) is 0 Å². The number of hydrogen-bond donors (Lipinski definition) is 1. The van der Waals surface area contributed by atoms with E-state index in [1.54, 1.807) is 0 Å². The van der Waals surface area contributed by atoms with Gasteiger partial charge in [0.05, 0.1) is 6.61 Å². The topological polar surface area (TPSA) is 43.8 Å². The average Bonchev–Trinajstić information content (AvgIpc) is 3.08. The molecule has 0 spiro atoms. The highest BCUT2D eigenvalue weighted by atomic mass is 16.3. The molecule has 2 bridgehead atoms. The summed E-state index contributed by atoms with van der Waals surface area (Å²) in [6.45, 7) is 2.80. The average molecular weight is 238 g/mol. The Kier molecular flexibility index (Phi) is 3.09. The molecule has 4 heteroatoms. The fourth-order valence-corrected chi connectivity index (χ4v) is 3.37. The monoisotopic (exact) mass is 238 g/mol. The highest BCUT2D eigenvalue weighted by Crippen LogP contribution is 2.35. The second-order valence-corrected chi connectivity index (χ2v) is 5.79. The van der Waals surface area contributed by atoms with Gasteiger partial charge >= 0.3 is 0 Å². The molecule has 96 valence electrons. The van der Waals surface area contributed by atoms with Crippen LogP contribution in [0.2, 0.25) is 0 Å². The minimum atomic E-state index is 0.239. The second-order valence-electron chi connectivity index (χ2n) is 5.79. The van der Waals surface area contributed by atoms with E-state index in [4.69, 9.17) is 5.11 Å². The van der Waals surface area contributed by atoms with Crippen LogP contribution in [0, 0.1) is 5.92 Å². The fourth-order valence-electron chi connectivity index (χ4n) is 3.37. The van der Waals surface area contributed by atoms with Crippen LogP contribution in [0.15, 0.2) is 0 Å².